The number of aryl methyl sites for hydroxylation is 2. The van der Waals surface area contributed by atoms with Crippen molar-refractivity contribution in [2.24, 2.45) is 27.2 Å². The van der Waals surface area contributed by atoms with Crippen LogP contribution in [0, 0.1) is 13.8 Å². The van der Waals surface area contributed by atoms with Gasteiger partial charge in [-0.15, -0.1) is 0 Å². The predicted molar refractivity (Wildman–Crippen MR) is 99.6 cm³/mol. The Kier molecular flexibility index (Phi) is 5.42. The van der Waals surface area contributed by atoms with Gasteiger partial charge in [0.15, 0.2) is 5.96 Å². The predicted octanol–water partition coefficient (Wildman–Crippen LogP) is 2.59. The molecule has 0 atom stereocenters. The molecule has 0 spiro atoms. The molecule has 0 saturated carbocycles. The zero-order chi connectivity index (χ0) is 17.7. The summed E-state index contributed by atoms with van der Waals surface area (Å²) in [6.07, 6.45) is 0. The zero-order valence-corrected chi connectivity index (χ0v) is 14.2. The second-order valence-corrected chi connectivity index (χ2v) is 5.43. The van der Waals surface area contributed by atoms with E-state index in [1.54, 1.807) is 0 Å². The summed E-state index contributed by atoms with van der Waals surface area (Å²) in [5.41, 5.74) is 21.3. The molecule has 6 nitrogen and oxygen atoms in total. The van der Waals surface area contributed by atoms with E-state index in [9.17, 15) is 0 Å². The van der Waals surface area contributed by atoms with E-state index in [2.05, 4.69) is 22.1 Å². The maximum absolute atomic E-state index is 5.69. The Labute approximate surface area is 142 Å². The molecular weight excluding hydrogens is 302 g/mol. The quantitative estimate of drug-likeness (QED) is 0.592. The molecule has 0 aromatic heterocycles. The Morgan fingerprint density at radius 2 is 1.67 bits per heavy atom. The molecule has 0 amide bonds. The lowest BCUT2D eigenvalue weighted by atomic mass is 9.99. The first-order chi connectivity index (χ1) is 11.4. The molecule has 0 aliphatic heterocycles. The second kappa shape index (κ2) is 7.50. The normalized spacial score (nSPS) is 11.2. The highest BCUT2D eigenvalue weighted by Crippen LogP contribution is 2.31. The Morgan fingerprint density at radius 1 is 1.00 bits per heavy atom. The molecule has 0 radical (unpaired) electrons. The van der Waals surface area contributed by atoms with Crippen LogP contribution in [0.25, 0.3) is 11.1 Å². The SMILES string of the molecule is CCOc1c(C)cc(-c2cccc(N=C(N)N=C(N)N)c2)cc1C. The van der Waals surface area contributed by atoms with Gasteiger partial charge in [-0.3, -0.25) is 0 Å². The van der Waals surface area contributed by atoms with Gasteiger partial charge in [-0.25, -0.2) is 4.99 Å². The van der Waals surface area contributed by atoms with E-state index in [1.807, 2.05) is 45.0 Å². The van der Waals surface area contributed by atoms with Gasteiger partial charge >= 0.3 is 0 Å². The number of aliphatic imine (C=N–C) groups is 2. The number of nitrogens with two attached hydrogens (primary N) is 3. The van der Waals surface area contributed by atoms with Crippen molar-refractivity contribution < 1.29 is 4.74 Å². The third kappa shape index (κ3) is 4.25. The molecule has 0 aliphatic carbocycles. The van der Waals surface area contributed by atoms with E-state index in [4.69, 9.17) is 21.9 Å². The third-order valence-corrected chi connectivity index (χ3v) is 3.42. The molecule has 0 aliphatic rings. The first-order valence-electron chi connectivity index (χ1n) is 7.69. The van der Waals surface area contributed by atoms with E-state index in [0.29, 0.717) is 12.3 Å². The first-order valence-corrected chi connectivity index (χ1v) is 7.69. The lowest BCUT2D eigenvalue weighted by Crippen LogP contribution is -2.26. The van der Waals surface area contributed by atoms with Crippen LogP contribution in [0.3, 0.4) is 0 Å². The molecule has 2 aromatic rings. The largest absolute Gasteiger partial charge is 0.493 e. The van der Waals surface area contributed by atoms with Gasteiger partial charge in [0.2, 0.25) is 5.96 Å². The lowest BCUT2D eigenvalue weighted by Gasteiger charge is -2.13. The molecule has 24 heavy (non-hydrogen) atoms. The number of hydrogen-bond acceptors (Lipinski definition) is 2. The summed E-state index contributed by atoms with van der Waals surface area (Å²) in [6.45, 7) is 6.71. The Bertz CT molecular complexity index is 769. The van der Waals surface area contributed by atoms with Crippen LogP contribution in [0.4, 0.5) is 5.69 Å². The average Bonchev–Trinajstić information content (AvgIpc) is 2.50. The summed E-state index contributed by atoms with van der Waals surface area (Å²) in [5, 5.41) is 0. The number of nitrogens with zero attached hydrogens (tertiary/aromatic N) is 2. The van der Waals surface area contributed by atoms with E-state index in [1.165, 1.54) is 0 Å². The molecule has 126 valence electrons. The minimum Gasteiger partial charge on any atom is -0.493 e. The number of rotatable bonds is 4. The number of guanidine groups is 2. The van der Waals surface area contributed by atoms with Gasteiger partial charge in [-0.2, -0.15) is 4.99 Å². The van der Waals surface area contributed by atoms with Gasteiger partial charge in [-0.05, 0) is 67.3 Å². The van der Waals surface area contributed by atoms with Crippen molar-refractivity contribution in [2.45, 2.75) is 20.8 Å². The van der Waals surface area contributed by atoms with Gasteiger partial charge in [-0.1, -0.05) is 12.1 Å². The zero-order valence-electron chi connectivity index (χ0n) is 14.2. The van der Waals surface area contributed by atoms with Crippen LogP contribution < -0.4 is 21.9 Å². The van der Waals surface area contributed by atoms with Gasteiger partial charge in [0, 0.05) is 0 Å². The standard InChI is InChI=1S/C18H23N5O/c1-4-24-16-11(2)8-14(9-12(16)3)13-6-5-7-15(10-13)22-18(21)23-17(19)20/h5-10H,4H2,1-3H3,(H6,19,20,21,22,23). The molecule has 0 heterocycles. The van der Waals surface area contributed by atoms with Crippen LogP contribution in [-0.2, 0) is 0 Å². The van der Waals surface area contributed by atoms with E-state index in [-0.39, 0.29) is 11.9 Å². The third-order valence-electron chi connectivity index (χ3n) is 3.42. The Hall–Kier alpha value is -3.02. The fourth-order valence-electron chi connectivity index (χ4n) is 2.53. The van der Waals surface area contributed by atoms with Crippen LogP contribution in [-0.4, -0.2) is 18.5 Å². The summed E-state index contributed by atoms with van der Waals surface area (Å²) >= 11 is 0. The van der Waals surface area contributed by atoms with Gasteiger partial charge in [0.1, 0.15) is 5.75 Å². The molecule has 0 bridgehead atoms. The maximum atomic E-state index is 5.69. The van der Waals surface area contributed by atoms with Crippen molar-refractivity contribution in [3.8, 4) is 16.9 Å². The van der Waals surface area contributed by atoms with Crippen molar-refractivity contribution in [3.63, 3.8) is 0 Å². The monoisotopic (exact) mass is 325 g/mol. The highest BCUT2D eigenvalue weighted by molar-refractivity contribution is 5.93. The smallest absolute Gasteiger partial charge is 0.223 e. The van der Waals surface area contributed by atoms with Crippen molar-refractivity contribution in [1.29, 1.82) is 0 Å². The number of hydrogen-bond donors (Lipinski definition) is 3. The highest BCUT2D eigenvalue weighted by atomic mass is 16.5. The summed E-state index contributed by atoms with van der Waals surface area (Å²) in [6, 6.07) is 11.9. The number of ether oxygens (including phenoxy) is 1. The molecule has 0 saturated heterocycles. The van der Waals surface area contributed by atoms with Gasteiger partial charge in [0.05, 0.1) is 12.3 Å². The average molecular weight is 325 g/mol. The first kappa shape index (κ1) is 17.3. The molecule has 0 fully saturated rings. The van der Waals surface area contributed by atoms with Crippen molar-refractivity contribution >= 4 is 17.6 Å². The fraction of sp³-hybridized carbons (Fsp3) is 0.222. The van der Waals surface area contributed by atoms with Crippen LogP contribution >= 0.6 is 0 Å². The topological polar surface area (TPSA) is 112 Å². The number of benzene rings is 2. The summed E-state index contributed by atoms with van der Waals surface area (Å²) in [7, 11) is 0. The van der Waals surface area contributed by atoms with E-state index < -0.39 is 0 Å². The van der Waals surface area contributed by atoms with Crippen LogP contribution in [0.1, 0.15) is 18.1 Å². The second-order valence-electron chi connectivity index (χ2n) is 5.43. The van der Waals surface area contributed by atoms with Gasteiger partial charge in [0.25, 0.3) is 0 Å². The Morgan fingerprint density at radius 3 is 2.25 bits per heavy atom. The Balaban J connectivity index is 2.40. The fourth-order valence-corrected chi connectivity index (χ4v) is 2.53. The summed E-state index contributed by atoms with van der Waals surface area (Å²) in [5.74, 6) is 0.837. The molecule has 6 heteroatoms. The molecular formula is C18H23N5O. The minimum atomic E-state index is -0.120. The van der Waals surface area contributed by atoms with Crippen LogP contribution in [0.5, 0.6) is 5.75 Å². The summed E-state index contributed by atoms with van der Waals surface area (Å²) in [4.78, 5) is 7.92. The molecule has 2 rings (SSSR count). The molecule has 2 aromatic carbocycles. The minimum absolute atomic E-state index is 0.0196. The maximum Gasteiger partial charge on any atom is 0.223 e. The van der Waals surface area contributed by atoms with Crippen molar-refractivity contribution in [2.75, 3.05) is 6.61 Å². The van der Waals surface area contributed by atoms with Crippen molar-refractivity contribution in [3.05, 3.63) is 47.5 Å². The molecule has 0 unspecified atom stereocenters. The van der Waals surface area contributed by atoms with Crippen LogP contribution in [0.15, 0.2) is 46.4 Å². The van der Waals surface area contributed by atoms with E-state index >= 15 is 0 Å². The highest BCUT2D eigenvalue weighted by Gasteiger charge is 2.08. The van der Waals surface area contributed by atoms with E-state index in [0.717, 1.165) is 28.0 Å². The van der Waals surface area contributed by atoms with Crippen molar-refractivity contribution in [1.82, 2.24) is 0 Å². The lowest BCUT2D eigenvalue weighted by molar-refractivity contribution is 0.335. The van der Waals surface area contributed by atoms with Crippen LogP contribution in [0.2, 0.25) is 0 Å². The molecule has 6 N–H and O–H groups in total. The summed E-state index contributed by atoms with van der Waals surface area (Å²) < 4.78 is 5.69. The van der Waals surface area contributed by atoms with Gasteiger partial charge < -0.3 is 21.9 Å².